The number of alkyl halides is 5. The van der Waals surface area contributed by atoms with Crippen molar-refractivity contribution in [1.82, 2.24) is 10.6 Å². The Balaban J connectivity index is 2.29. The lowest BCUT2D eigenvalue weighted by Crippen LogP contribution is -2.46. The minimum Gasteiger partial charge on any atom is -0.455 e. The van der Waals surface area contributed by atoms with E-state index in [9.17, 15) is 31.5 Å². The van der Waals surface area contributed by atoms with Gasteiger partial charge in [-0.25, -0.2) is 9.59 Å². The highest BCUT2D eigenvalue weighted by Gasteiger charge is 2.58. The Hall–Kier alpha value is -2.85. The third kappa shape index (κ3) is 4.52. The Morgan fingerprint density at radius 3 is 2.21 bits per heavy atom. The summed E-state index contributed by atoms with van der Waals surface area (Å²) in [5.74, 6) is -6.58. The molecule has 1 aliphatic heterocycles. The predicted molar refractivity (Wildman–Crippen MR) is 89.8 cm³/mol. The van der Waals surface area contributed by atoms with Crippen molar-refractivity contribution in [2.45, 2.75) is 25.1 Å². The number of ether oxygens (including phenoxy) is 1. The maximum absolute atomic E-state index is 13.0. The first-order valence-corrected chi connectivity index (χ1v) is 8.00. The molecular formula is C17H18F5N3O3. The summed E-state index contributed by atoms with van der Waals surface area (Å²) in [6.45, 7) is -0.842. The largest absolute Gasteiger partial charge is 0.456 e. The van der Waals surface area contributed by atoms with Crippen molar-refractivity contribution in [2.24, 2.45) is 0 Å². The van der Waals surface area contributed by atoms with Gasteiger partial charge in [0.25, 0.3) is 0 Å². The first kappa shape index (κ1) is 21.5. The highest BCUT2D eigenvalue weighted by atomic mass is 19.4. The van der Waals surface area contributed by atoms with Crippen LogP contribution in [0, 0.1) is 0 Å². The second-order valence-corrected chi connectivity index (χ2v) is 6.33. The number of halogens is 5. The smallest absolute Gasteiger partial charge is 0.455 e. The van der Waals surface area contributed by atoms with Crippen molar-refractivity contribution in [2.75, 3.05) is 25.6 Å². The molecule has 154 valence electrons. The minimum absolute atomic E-state index is 0.00855. The number of hydrogen-bond donors (Lipinski definition) is 2. The van der Waals surface area contributed by atoms with Crippen molar-refractivity contribution < 1.29 is 36.3 Å². The van der Waals surface area contributed by atoms with Crippen LogP contribution in [0.5, 0.6) is 0 Å². The third-order valence-electron chi connectivity index (χ3n) is 4.03. The quantitative estimate of drug-likeness (QED) is 0.581. The number of carbonyl (C=O) groups excluding carboxylic acids is 2. The fourth-order valence-electron chi connectivity index (χ4n) is 2.50. The number of amides is 2. The van der Waals surface area contributed by atoms with Crippen LogP contribution in [-0.4, -0.2) is 44.8 Å². The van der Waals surface area contributed by atoms with E-state index in [1.54, 1.807) is 43.3 Å². The third-order valence-corrected chi connectivity index (χ3v) is 4.03. The number of anilines is 1. The van der Waals surface area contributed by atoms with Gasteiger partial charge in [0.1, 0.15) is 0 Å². The molecule has 1 aliphatic rings. The number of hydrogen-bond acceptors (Lipinski definition) is 4. The molecule has 6 nitrogen and oxygen atoms in total. The Morgan fingerprint density at radius 2 is 1.71 bits per heavy atom. The molecule has 0 fully saturated rings. The lowest BCUT2D eigenvalue weighted by Gasteiger charge is -2.29. The second-order valence-electron chi connectivity index (χ2n) is 6.33. The first-order valence-electron chi connectivity index (χ1n) is 8.00. The van der Waals surface area contributed by atoms with Gasteiger partial charge in [-0.15, -0.1) is 0 Å². The summed E-state index contributed by atoms with van der Waals surface area (Å²) in [7, 11) is 3.60. The fourth-order valence-corrected chi connectivity index (χ4v) is 2.50. The fraction of sp³-hybridized carbons (Fsp3) is 0.412. The summed E-state index contributed by atoms with van der Waals surface area (Å²) in [4.78, 5) is 25.8. The van der Waals surface area contributed by atoms with Gasteiger partial charge >= 0.3 is 24.1 Å². The molecule has 28 heavy (non-hydrogen) atoms. The molecule has 0 spiro atoms. The van der Waals surface area contributed by atoms with E-state index in [2.05, 4.69) is 15.4 Å². The molecule has 2 amide bonds. The molecule has 0 bridgehead atoms. The van der Waals surface area contributed by atoms with Crippen molar-refractivity contribution >= 4 is 17.7 Å². The monoisotopic (exact) mass is 407 g/mol. The van der Waals surface area contributed by atoms with E-state index in [4.69, 9.17) is 0 Å². The van der Waals surface area contributed by atoms with E-state index >= 15 is 0 Å². The van der Waals surface area contributed by atoms with Gasteiger partial charge in [0.05, 0.1) is 11.6 Å². The molecule has 0 aromatic heterocycles. The summed E-state index contributed by atoms with van der Waals surface area (Å²) in [5.41, 5.74) is 0.967. The topological polar surface area (TPSA) is 70.7 Å². The molecule has 11 heteroatoms. The standard InChI is InChI=1S/C17H18F5N3O3/c1-9-12(14(26)28-8-16(18,19)17(20,21)22)13(24-15(27)23-9)10-4-6-11(7-5-10)25(2)3/h4-7,13H,8H2,1-3H3,(H2,23,24,27)/t13-/m0/s1. The molecule has 1 aromatic carbocycles. The maximum atomic E-state index is 13.0. The number of nitrogens with zero attached hydrogens (tertiary/aromatic N) is 1. The van der Waals surface area contributed by atoms with Crippen LogP contribution in [0.25, 0.3) is 0 Å². The summed E-state index contributed by atoms with van der Waals surface area (Å²) >= 11 is 0. The van der Waals surface area contributed by atoms with Gasteiger partial charge in [-0.2, -0.15) is 22.0 Å². The maximum Gasteiger partial charge on any atom is 0.456 e. The van der Waals surface area contributed by atoms with Crippen LogP contribution in [0.1, 0.15) is 18.5 Å². The molecular weight excluding hydrogens is 389 g/mol. The second kappa shape index (κ2) is 7.64. The number of carbonyl (C=O) groups is 2. The van der Waals surface area contributed by atoms with E-state index in [1.807, 2.05) is 0 Å². The normalized spacial score (nSPS) is 17.7. The summed E-state index contributed by atoms with van der Waals surface area (Å²) in [5, 5.41) is 4.72. The minimum atomic E-state index is -5.85. The molecule has 1 atom stereocenters. The van der Waals surface area contributed by atoms with Crippen LogP contribution in [0.15, 0.2) is 35.5 Å². The van der Waals surface area contributed by atoms with E-state index in [-0.39, 0.29) is 11.3 Å². The van der Waals surface area contributed by atoms with Crippen molar-refractivity contribution in [3.63, 3.8) is 0 Å². The molecule has 0 saturated carbocycles. The highest BCUT2D eigenvalue weighted by Crippen LogP contribution is 2.36. The Kier molecular flexibility index (Phi) is 5.86. The van der Waals surface area contributed by atoms with Gasteiger partial charge in [-0.3, -0.25) is 0 Å². The lowest BCUT2D eigenvalue weighted by atomic mass is 9.95. The molecule has 2 rings (SSSR count). The van der Waals surface area contributed by atoms with Crippen molar-refractivity contribution in [3.8, 4) is 0 Å². The van der Waals surface area contributed by atoms with E-state index in [1.165, 1.54) is 6.92 Å². The molecule has 1 aromatic rings. The predicted octanol–water partition coefficient (Wildman–Crippen LogP) is 3.12. The molecule has 2 N–H and O–H groups in total. The van der Waals surface area contributed by atoms with Crippen molar-refractivity contribution in [1.29, 1.82) is 0 Å². The molecule has 0 aliphatic carbocycles. The Labute approximate surface area is 157 Å². The number of allylic oxidation sites excluding steroid dienone is 1. The zero-order valence-electron chi connectivity index (χ0n) is 15.2. The Bertz CT molecular complexity index is 788. The average molecular weight is 407 g/mol. The zero-order valence-corrected chi connectivity index (χ0v) is 15.2. The van der Waals surface area contributed by atoms with Gasteiger partial charge in [0, 0.05) is 25.5 Å². The lowest BCUT2D eigenvalue weighted by molar-refractivity contribution is -0.293. The van der Waals surface area contributed by atoms with Gasteiger partial charge in [-0.05, 0) is 24.6 Å². The van der Waals surface area contributed by atoms with Crippen LogP contribution >= 0.6 is 0 Å². The number of esters is 1. The van der Waals surface area contributed by atoms with Crippen molar-refractivity contribution in [3.05, 3.63) is 41.1 Å². The molecule has 1 heterocycles. The van der Waals surface area contributed by atoms with Gasteiger partial charge in [0.2, 0.25) is 0 Å². The summed E-state index contributed by atoms with van der Waals surface area (Å²) in [6.07, 6.45) is -5.85. The van der Waals surface area contributed by atoms with Gasteiger partial charge < -0.3 is 20.3 Å². The number of rotatable bonds is 5. The van der Waals surface area contributed by atoms with Gasteiger partial charge in [-0.1, -0.05) is 12.1 Å². The molecule has 0 saturated heterocycles. The van der Waals surface area contributed by atoms with Crippen LogP contribution in [-0.2, 0) is 9.53 Å². The first-order chi connectivity index (χ1) is 12.8. The van der Waals surface area contributed by atoms with Crippen LogP contribution in [0.3, 0.4) is 0 Å². The summed E-state index contributed by atoms with van der Waals surface area (Å²) < 4.78 is 67.1. The van der Waals surface area contributed by atoms with Crippen LogP contribution < -0.4 is 15.5 Å². The number of urea groups is 1. The van der Waals surface area contributed by atoms with E-state index < -0.39 is 36.7 Å². The molecule has 0 unspecified atom stereocenters. The summed E-state index contributed by atoms with van der Waals surface area (Å²) in [6, 6.07) is 4.85. The van der Waals surface area contributed by atoms with Crippen LogP contribution in [0.2, 0.25) is 0 Å². The number of benzene rings is 1. The molecule has 0 radical (unpaired) electrons. The van der Waals surface area contributed by atoms with E-state index in [0.29, 0.717) is 5.56 Å². The SMILES string of the molecule is CC1=C(C(=O)OCC(F)(F)C(F)(F)F)[C@H](c2ccc(N(C)C)cc2)NC(=O)N1. The van der Waals surface area contributed by atoms with Gasteiger partial charge in [0.15, 0.2) is 6.61 Å². The highest BCUT2D eigenvalue weighted by molar-refractivity contribution is 5.95. The van der Waals surface area contributed by atoms with E-state index in [0.717, 1.165) is 5.69 Å². The number of nitrogens with one attached hydrogen (secondary N) is 2. The zero-order chi connectivity index (χ0) is 21.3. The Morgan fingerprint density at radius 1 is 1.14 bits per heavy atom. The van der Waals surface area contributed by atoms with Crippen LogP contribution in [0.4, 0.5) is 32.4 Å². The average Bonchev–Trinajstić information content (AvgIpc) is 2.58.